The van der Waals surface area contributed by atoms with Gasteiger partial charge in [-0.2, -0.15) is 0 Å². The number of thiazole rings is 1. The third kappa shape index (κ3) is 7.42. The van der Waals surface area contributed by atoms with Crippen LogP contribution in [0.25, 0.3) is 0 Å². The lowest BCUT2D eigenvalue weighted by molar-refractivity contribution is 0.176. The first-order chi connectivity index (χ1) is 12.7. The van der Waals surface area contributed by atoms with Gasteiger partial charge in [-0.1, -0.05) is 0 Å². The lowest BCUT2D eigenvalue weighted by Crippen LogP contribution is -2.43. The largest absolute Gasteiger partial charge is 0.356 e. The molecule has 0 unspecified atom stereocenters. The highest BCUT2D eigenvalue weighted by Crippen LogP contribution is 2.19. The summed E-state index contributed by atoms with van der Waals surface area (Å²) in [6, 6.07) is 4.10. The quantitative estimate of drug-likeness (QED) is 0.348. The molecule has 0 saturated carbocycles. The molecule has 0 bridgehead atoms. The number of aliphatic imine (C=N–C) groups is 1. The fourth-order valence-electron chi connectivity index (χ4n) is 3.34. The molecule has 0 aliphatic carbocycles. The van der Waals surface area contributed by atoms with Gasteiger partial charge in [-0.25, -0.2) is 4.98 Å². The Morgan fingerprint density at radius 3 is 2.63 bits per heavy atom. The number of aromatic nitrogens is 2. The third-order valence-electron chi connectivity index (χ3n) is 4.87. The van der Waals surface area contributed by atoms with Gasteiger partial charge in [0.25, 0.3) is 0 Å². The minimum Gasteiger partial charge on any atom is -0.356 e. The smallest absolute Gasteiger partial charge is 0.191 e. The third-order valence-corrected chi connectivity index (χ3v) is 5.69. The lowest BCUT2D eigenvalue weighted by atomic mass is 9.97. The van der Waals surface area contributed by atoms with Crippen LogP contribution in [0.5, 0.6) is 0 Å². The van der Waals surface area contributed by atoms with Crippen LogP contribution in [0.1, 0.15) is 23.5 Å². The Balaban J connectivity index is 0.00000261. The summed E-state index contributed by atoms with van der Waals surface area (Å²) in [7, 11) is 1.84. The summed E-state index contributed by atoms with van der Waals surface area (Å²) in [4.78, 5) is 11.4. The molecule has 0 atom stereocenters. The molecule has 150 valence electrons. The summed E-state index contributed by atoms with van der Waals surface area (Å²) in [5.41, 5.74) is 1.22. The SMILES string of the molecule is CN=C(NCCn1cccc1)NCC1CCN(Cc2csc(C)n2)CC1.I. The average molecular weight is 502 g/mol. The van der Waals surface area contributed by atoms with Crippen molar-refractivity contribution in [3.63, 3.8) is 0 Å². The zero-order valence-electron chi connectivity index (χ0n) is 16.2. The highest BCUT2D eigenvalue weighted by atomic mass is 127. The molecule has 3 rings (SSSR count). The van der Waals surface area contributed by atoms with Crippen LogP contribution in [0.15, 0.2) is 34.9 Å². The van der Waals surface area contributed by atoms with E-state index in [4.69, 9.17) is 0 Å². The first kappa shape index (κ1) is 22.2. The minimum atomic E-state index is 0. The van der Waals surface area contributed by atoms with E-state index in [1.165, 1.54) is 18.5 Å². The second-order valence-electron chi connectivity index (χ2n) is 6.88. The van der Waals surface area contributed by atoms with Crippen molar-refractivity contribution in [2.24, 2.45) is 10.9 Å². The average Bonchev–Trinajstić information content (AvgIpc) is 3.31. The monoisotopic (exact) mass is 502 g/mol. The molecule has 8 heteroatoms. The molecular weight excluding hydrogens is 471 g/mol. The Kier molecular flexibility index (Phi) is 9.57. The molecule has 3 heterocycles. The number of halogens is 1. The van der Waals surface area contributed by atoms with Crippen molar-refractivity contribution in [1.29, 1.82) is 0 Å². The number of piperidine rings is 1. The first-order valence-corrected chi connectivity index (χ1v) is 10.3. The topological polar surface area (TPSA) is 57.5 Å². The Morgan fingerprint density at radius 1 is 1.26 bits per heavy atom. The van der Waals surface area contributed by atoms with Crippen molar-refractivity contribution in [2.75, 3.05) is 33.2 Å². The normalized spacial score (nSPS) is 16.1. The zero-order chi connectivity index (χ0) is 18.2. The van der Waals surface area contributed by atoms with Crippen molar-refractivity contribution in [2.45, 2.75) is 32.9 Å². The minimum absolute atomic E-state index is 0. The standard InChI is InChI=1S/C19H30N6S.HI/c1-16-23-18(15-26-16)14-25-10-5-17(6-11-25)13-22-19(20-2)21-7-12-24-8-3-4-9-24;/h3-4,8-9,15,17H,5-7,10-14H2,1-2H3,(H2,20,21,22);1H. The molecule has 0 radical (unpaired) electrons. The predicted molar refractivity (Wildman–Crippen MR) is 124 cm³/mol. The number of likely N-dealkylation sites (tertiary alicyclic amines) is 1. The number of hydrogen-bond acceptors (Lipinski definition) is 4. The van der Waals surface area contributed by atoms with E-state index in [0.29, 0.717) is 5.92 Å². The van der Waals surface area contributed by atoms with Gasteiger partial charge in [0.05, 0.1) is 10.7 Å². The van der Waals surface area contributed by atoms with Gasteiger partial charge in [-0.3, -0.25) is 9.89 Å². The highest BCUT2D eigenvalue weighted by Gasteiger charge is 2.20. The number of aryl methyl sites for hydroxylation is 1. The van der Waals surface area contributed by atoms with Crippen LogP contribution in [-0.4, -0.2) is 53.6 Å². The van der Waals surface area contributed by atoms with E-state index in [1.54, 1.807) is 11.3 Å². The summed E-state index contributed by atoms with van der Waals surface area (Å²) in [6.07, 6.45) is 6.63. The number of rotatable bonds is 7. The summed E-state index contributed by atoms with van der Waals surface area (Å²) >= 11 is 1.74. The Hall–Kier alpha value is -1.13. The van der Waals surface area contributed by atoms with Gasteiger partial charge in [0.15, 0.2) is 5.96 Å². The highest BCUT2D eigenvalue weighted by molar-refractivity contribution is 14.0. The van der Waals surface area contributed by atoms with Crippen LogP contribution in [-0.2, 0) is 13.1 Å². The van der Waals surface area contributed by atoms with E-state index in [-0.39, 0.29) is 24.0 Å². The van der Waals surface area contributed by atoms with Gasteiger partial charge in [0.1, 0.15) is 0 Å². The first-order valence-electron chi connectivity index (χ1n) is 9.41. The Labute approximate surface area is 183 Å². The van der Waals surface area contributed by atoms with Crippen molar-refractivity contribution in [3.8, 4) is 0 Å². The van der Waals surface area contributed by atoms with Crippen molar-refractivity contribution in [3.05, 3.63) is 40.6 Å². The van der Waals surface area contributed by atoms with E-state index in [2.05, 4.69) is 66.9 Å². The molecule has 27 heavy (non-hydrogen) atoms. The van der Waals surface area contributed by atoms with Crippen LogP contribution in [0.3, 0.4) is 0 Å². The molecular formula is C19H31IN6S. The van der Waals surface area contributed by atoms with Gasteiger partial charge >= 0.3 is 0 Å². The number of nitrogens with one attached hydrogen (secondary N) is 2. The van der Waals surface area contributed by atoms with Crippen LogP contribution in [0.2, 0.25) is 0 Å². The van der Waals surface area contributed by atoms with Gasteiger partial charge in [-0.15, -0.1) is 35.3 Å². The molecule has 1 aliphatic heterocycles. The summed E-state index contributed by atoms with van der Waals surface area (Å²) in [5, 5.41) is 10.2. The molecule has 2 aromatic heterocycles. The van der Waals surface area contributed by atoms with E-state index >= 15 is 0 Å². The van der Waals surface area contributed by atoms with Crippen LogP contribution >= 0.6 is 35.3 Å². The number of guanidine groups is 1. The van der Waals surface area contributed by atoms with E-state index in [0.717, 1.165) is 50.2 Å². The zero-order valence-corrected chi connectivity index (χ0v) is 19.4. The summed E-state index contributed by atoms with van der Waals surface area (Å²) in [5.74, 6) is 1.61. The maximum absolute atomic E-state index is 4.58. The summed E-state index contributed by atoms with van der Waals surface area (Å²) < 4.78 is 2.17. The summed E-state index contributed by atoms with van der Waals surface area (Å²) in [6.45, 7) is 8.19. The fourth-order valence-corrected chi connectivity index (χ4v) is 3.95. The van der Waals surface area contributed by atoms with Crippen molar-refractivity contribution >= 4 is 41.3 Å². The molecule has 2 aromatic rings. The van der Waals surface area contributed by atoms with Gasteiger partial charge in [0, 0.05) is 51.0 Å². The van der Waals surface area contributed by atoms with Crippen LogP contribution < -0.4 is 10.6 Å². The molecule has 0 amide bonds. The Morgan fingerprint density at radius 2 is 2.00 bits per heavy atom. The van der Waals surface area contributed by atoms with Crippen molar-refractivity contribution < 1.29 is 0 Å². The fraction of sp³-hybridized carbons (Fsp3) is 0.579. The molecule has 0 aromatic carbocycles. The van der Waals surface area contributed by atoms with E-state index in [1.807, 2.05) is 7.05 Å². The van der Waals surface area contributed by atoms with Crippen LogP contribution in [0, 0.1) is 12.8 Å². The van der Waals surface area contributed by atoms with Crippen LogP contribution in [0.4, 0.5) is 0 Å². The maximum Gasteiger partial charge on any atom is 0.191 e. The van der Waals surface area contributed by atoms with E-state index < -0.39 is 0 Å². The second kappa shape index (κ2) is 11.7. The number of nitrogens with zero attached hydrogens (tertiary/aromatic N) is 4. The lowest BCUT2D eigenvalue weighted by Gasteiger charge is -2.31. The number of hydrogen-bond donors (Lipinski definition) is 2. The second-order valence-corrected chi connectivity index (χ2v) is 7.94. The predicted octanol–water partition coefficient (Wildman–Crippen LogP) is 2.95. The molecule has 2 N–H and O–H groups in total. The van der Waals surface area contributed by atoms with Crippen molar-refractivity contribution in [1.82, 2.24) is 25.1 Å². The molecule has 0 spiro atoms. The van der Waals surface area contributed by atoms with E-state index in [9.17, 15) is 0 Å². The molecule has 1 aliphatic rings. The molecule has 6 nitrogen and oxygen atoms in total. The maximum atomic E-state index is 4.58. The molecule has 1 saturated heterocycles. The Bertz CT molecular complexity index is 676. The van der Waals surface area contributed by atoms with Gasteiger partial charge in [0.2, 0.25) is 0 Å². The van der Waals surface area contributed by atoms with Gasteiger partial charge < -0.3 is 15.2 Å². The molecule has 1 fully saturated rings. The van der Waals surface area contributed by atoms with Gasteiger partial charge in [-0.05, 0) is 50.9 Å².